The molecule has 15 heavy (non-hydrogen) atoms. The Morgan fingerprint density at radius 1 is 1.67 bits per heavy atom. The van der Waals surface area contributed by atoms with E-state index in [1.807, 2.05) is 24.0 Å². The van der Waals surface area contributed by atoms with Crippen molar-refractivity contribution in [3.8, 4) is 12.3 Å². The van der Waals surface area contributed by atoms with Crippen LogP contribution in [0.25, 0.3) is 0 Å². The molecular weight excluding hydrogens is 188 g/mol. The molecule has 0 aliphatic rings. The number of aliphatic hydroxyl groups is 1. The Kier molecular flexibility index (Phi) is 4.14. The molecule has 3 nitrogen and oxygen atoms in total. The van der Waals surface area contributed by atoms with E-state index in [0.717, 1.165) is 17.9 Å². The molecule has 1 N–H and O–H groups in total. The van der Waals surface area contributed by atoms with Gasteiger partial charge in [-0.1, -0.05) is 12.0 Å². The maximum Gasteiger partial charge on any atom is 0.135 e. The smallest absolute Gasteiger partial charge is 0.135 e. The molecule has 0 amide bonds. The van der Waals surface area contributed by atoms with Crippen molar-refractivity contribution in [1.82, 2.24) is 4.98 Å². The van der Waals surface area contributed by atoms with E-state index < -0.39 is 6.10 Å². The lowest BCUT2D eigenvalue weighted by molar-refractivity contribution is 0.199. The third kappa shape index (κ3) is 2.71. The van der Waals surface area contributed by atoms with Gasteiger partial charge < -0.3 is 10.0 Å². The summed E-state index contributed by atoms with van der Waals surface area (Å²) >= 11 is 0. The van der Waals surface area contributed by atoms with Crippen LogP contribution in [0.5, 0.6) is 0 Å². The zero-order valence-corrected chi connectivity index (χ0v) is 9.14. The third-order valence-corrected chi connectivity index (χ3v) is 2.23. The van der Waals surface area contributed by atoms with Crippen LogP contribution in [0.3, 0.4) is 0 Å². The number of anilines is 1. The van der Waals surface area contributed by atoms with Crippen molar-refractivity contribution in [3.63, 3.8) is 0 Å². The summed E-state index contributed by atoms with van der Waals surface area (Å²) in [5, 5.41) is 9.60. The first kappa shape index (κ1) is 11.5. The van der Waals surface area contributed by atoms with Gasteiger partial charge in [-0.15, -0.1) is 6.42 Å². The van der Waals surface area contributed by atoms with Crippen molar-refractivity contribution in [2.24, 2.45) is 0 Å². The number of hydrogen-bond donors (Lipinski definition) is 1. The number of rotatable bonds is 4. The van der Waals surface area contributed by atoms with Crippen LogP contribution < -0.4 is 4.90 Å². The zero-order chi connectivity index (χ0) is 11.3. The predicted octanol–water partition coefficient (Wildman–Crippen LogP) is 1.59. The molecular formula is C12H16N2O. The first-order valence-corrected chi connectivity index (χ1v) is 5.02. The summed E-state index contributed by atoms with van der Waals surface area (Å²) in [5.74, 6) is 3.36. The Balaban J connectivity index is 3.06. The van der Waals surface area contributed by atoms with Crippen LogP contribution in [0.2, 0.25) is 0 Å². The molecule has 0 saturated carbocycles. The minimum absolute atomic E-state index is 0.507. The zero-order valence-electron chi connectivity index (χ0n) is 9.14. The highest BCUT2D eigenvalue weighted by Crippen LogP contribution is 2.22. The molecule has 1 heterocycles. The van der Waals surface area contributed by atoms with Crippen molar-refractivity contribution in [1.29, 1.82) is 0 Å². The van der Waals surface area contributed by atoms with Crippen LogP contribution in [0, 0.1) is 12.3 Å². The Hall–Kier alpha value is -1.53. The van der Waals surface area contributed by atoms with E-state index in [1.54, 1.807) is 13.1 Å². The molecule has 0 aliphatic heterocycles. The lowest BCUT2D eigenvalue weighted by Crippen LogP contribution is -2.25. The van der Waals surface area contributed by atoms with Gasteiger partial charge in [-0.3, -0.25) is 0 Å². The van der Waals surface area contributed by atoms with Crippen LogP contribution in [-0.2, 0) is 0 Å². The lowest BCUT2D eigenvalue weighted by atomic mass is 10.1. The van der Waals surface area contributed by atoms with Gasteiger partial charge in [0.15, 0.2) is 0 Å². The number of pyridine rings is 1. The first-order chi connectivity index (χ1) is 7.20. The molecule has 1 rings (SSSR count). The van der Waals surface area contributed by atoms with Gasteiger partial charge in [-0.25, -0.2) is 4.98 Å². The minimum atomic E-state index is -0.527. The van der Waals surface area contributed by atoms with Crippen molar-refractivity contribution >= 4 is 5.82 Å². The molecule has 0 radical (unpaired) electrons. The van der Waals surface area contributed by atoms with Crippen molar-refractivity contribution in [2.45, 2.75) is 20.0 Å². The molecule has 1 aromatic rings. The van der Waals surface area contributed by atoms with E-state index in [9.17, 15) is 5.11 Å². The van der Waals surface area contributed by atoms with Crippen LogP contribution in [0.1, 0.15) is 25.5 Å². The summed E-state index contributed by atoms with van der Waals surface area (Å²) < 4.78 is 0. The Morgan fingerprint density at radius 2 is 2.40 bits per heavy atom. The highest BCUT2D eigenvalue weighted by molar-refractivity contribution is 5.48. The molecule has 0 bridgehead atoms. The van der Waals surface area contributed by atoms with Crippen LogP contribution in [0.15, 0.2) is 18.3 Å². The number of terminal acetylenes is 1. The van der Waals surface area contributed by atoms with Gasteiger partial charge in [-0.2, -0.15) is 0 Å². The van der Waals surface area contributed by atoms with Gasteiger partial charge >= 0.3 is 0 Å². The topological polar surface area (TPSA) is 36.4 Å². The molecule has 0 fully saturated rings. The van der Waals surface area contributed by atoms with E-state index in [-0.39, 0.29) is 0 Å². The van der Waals surface area contributed by atoms with Gasteiger partial charge in [0.05, 0.1) is 12.6 Å². The fourth-order valence-electron chi connectivity index (χ4n) is 1.45. The number of aromatic nitrogens is 1. The summed E-state index contributed by atoms with van der Waals surface area (Å²) in [6, 6.07) is 3.68. The maximum absolute atomic E-state index is 9.60. The fourth-order valence-corrected chi connectivity index (χ4v) is 1.45. The molecule has 0 unspecified atom stereocenters. The molecule has 0 aromatic carbocycles. The first-order valence-electron chi connectivity index (χ1n) is 5.02. The van der Waals surface area contributed by atoms with Gasteiger partial charge in [0, 0.05) is 18.3 Å². The molecule has 0 spiro atoms. The summed E-state index contributed by atoms with van der Waals surface area (Å²) in [6.45, 7) is 5.02. The SMILES string of the molecule is C#CCN(CC)c1ncccc1[C@@H](C)O. The van der Waals surface area contributed by atoms with Gasteiger partial charge in [0.2, 0.25) is 0 Å². The van der Waals surface area contributed by atoms with Crippen molar-refractivity contribution < 1.29 is 5.11 Å². The van der Waals surface area contributed by atoms with Crippen LogP contribution in [0.4, 0.5) is 5.82 Å². The van der Waals surface area contributed by atoms with Gasteiger partial charge in [0.25, 0.3) is 0 Å². The Morgan fingerprint density at radius 3 is 2.93 bits per heavy atom. The molecule has 0 aliphatic carbocycles. The van der Waals surface area contributed by atoms with Gasteiger partial charge in [-0.05, 0) is 19.9 Å². The third-order valence-electron chi connectivity index (χ3n) is 2.23. The average Bonchev–Trinajstić information content (AvgIpc) is 2.26. The number of aliphatic hydroxyl groups excluding tert-OH is 1. The molecule has 3 heteroatoms. The van der Waals surface area contributed by atoms with E-state index >= 15 is 0 Å². The largest absolute Gasteiger partial charge is 0.389 e. The van der Waals surface area contributed by atoms with E-state index in [4.69, 9.17) is 6.42 Å². The Labute approximate surface area is 90.8 Å². The van der Waals surface area contributed by atoms with E-state index in [2.05, 4.69) is 10.9 Å². The highest BCUT2D eigenvalue weighted by atomic mass is 16.3. The van der Waals surface area contributed by atoms with Crippen LogP contribution >= 0.6 is 0 Å². The summed E-state index contributed by atoms with van der Waals surface area (Å²) in [7, 11) is 0. The highest BCUT2D eigenvalue weighted by Gasteiger charge is 2.13. The second-order valence-electron chi connectivity index (χ2n) is 3.31. The number of hydrogen-bond acceptors (Lipinski definition) is 3. The summed E-state index contributed by atoms with van der Waals surface area (Å²) in [6.07, 6.45) is 6.47. The molecule has 0 saturated heterocycles. The van der Waals surface area contributed by atoms with Crippen molar-refractivity contribution in [3.05, 3.63) is 23.9 Å². The maximum atomic E-state index is 9.60. The fraction of sp³-hybridized carbons (Fsp3) is 0.417. The van der Waals surface area contributed by atoms with Gasteiger partial charge in [0.1, 0.15) is 5.82 Å². The second-order valence-corrected chi connectivity index (χ2v) is 3.31. The monoisotopic (exact) mass is 204 g/mol. The Bertz CT molecular complexity index is 355. The molecule has 1 aromatic heterocycles. The minimum Gasteiger partial charge on any atom is -0.389 e. The molecule has 80 valence electrons. The quantitative estimate of drug-likeness (QED) is 0.757. The number of nitrogens with zero attached hydrogens (tertiary/aromatic N) is 2. The average molecular weight is 204 g/mol. The second kappa shape index (κ2) is 5.38. The van der Waals surface area contributed by atoms with E-state index in [1.165, 1.54) is 0 Å². The normalized spacial score (nSPS) is 11.9. The molecule has 1 atom stereocenters. The standard InChI is InChI=1S/C12H16N2O/c1-4-9-14(5-2)12-11(10(3)15)7-6-8-13-12/h1,6-8,10,15H,5,9H2,2-3H3/t10-/m1/s1. The van der Waals surface area contributed by atoms with Crippen molar-refractivity contribution in [2.75, 3.05) is 18.0 Å². The summed E-state index contributed by atoms with van der Waals surface area (Å²) in [4.78, 5) is 6.22. The predicted molar refractivity (Wildman–Crippen MR) is 61.6 cm³/mol. The van der Waals surface area contributed by atoms with E-state index in [0.29, 0.717) is 6.54 Å². The summed E-state index contributed by atoms with van der Waals surface area (Å²) in [5.41, 5.74) is 0.814. The lowest BCUT2D eigenvalue weighted by Gasteiger charge is -2.22. The van der Waals surface area contributed by atoms with Crippen LogP contribution in [-0.4, -0.2) is 23.2 Å².